The molecule has 1 heterocycles. The van der Waals surface area contributed by atoms with Crippen molar-refractivity contribution < 1.29 is 9.47 Å². The molecule has 0 saturated carbocycles. The van der Waals surface area contributed by atoms with Crippen LogP contribution in [0.25, 0.3) is 0 Å². The largest absolute Gasteiger partial charge is 0.493 e. The zero-order valence-electron chi connectivity index (χ0n) is 12.1. The monoisotopic (exact) mass is 262 g/mol. The van der Waals surface area contributed by atoms with Gasteiger partial charge < -0.3 is 14.8 Å². The van der Waals surface area contributed by atoms with Gasteiger partial charge in [-0.2, -0.15) is 0 Å². The van der Waals surface area contributed by atoms with Gasteiger partial charge in [0.25, 0.3) is 0 Å². The van der Waals surface area contributed by atoms with Crippen molar-refractivity contribution in [2.24, 2.45) is 10.4 Å². The Labute approximate surface area is 114 Å². The van der Waals surface area contributed by atoms with Crippen LogP contribution in [0.4, 0.5) is 0 Å². The molecule has 0 radical (unpaired) electrons. The molecule has 0 unspecified atom stereocenters. The highest BCUT2D eigenvalue weighted by Gasteiger charge is 2.22. The summed E-state index contributed by atoms with van der Waals surface area (Å²) in [5, 5.41) is 3.40. The van der Waals surface area contributed by atoms with Crippen LogP contribution in [0.3, 0.4) is 0 Å². The summed E-state index contributed by atoms with van der Waals surface area (Å²) in [7, 11) is 3.30. The summed E-state index contributed by atoms with van der Waals surface area (Å²) in [4.78, 5) is 4.61. The maximum absolute atomic E-state index is 5.31. The molecule has 0 saturated heterocycles. The Kier molecular flexibility index (Phi) is 3.98. The fourth-order valence-corrected chi connectivity index (χ4v) is 2.06. The molecule has 0 atom stereocenters. The third-order valence-electron chi connectivity index (χ3n) is 3.29. The molecule has 1 aromatic rings. The maximum atomic E-state index is 5.31. The lowest BCUT2D eigenvalue weighted by Gasteiger charge is -2.29. The van der Waals surface area contributed by atoms with E-state index < -0.39 is 0 Å². The number of rotatable bonds is 4. The number of aliphatic imine (C=N–C) groups is 1. The van der Waals surface area contributed by atoms with Crippen LogP contribution in [-0.4, -0.2) is 33.1 Å². The molecule has 1 aliphatic heterocycles. The van der Waals surface area contributed by atoms with Gasteiger partial charge in [0.15, 0.2) is 11.5 Å². The van der Waals surface area contributed by atoms with E-state index >= 15 is 0 Å². The molecule has 1 N–H and O–H groups in total. The van der Waals surface area contributed by atoms with Crippen molar-refractivity contribution in [2.75, 3.05) is 27.3 Å². The van der Waals surface area contributed by atoms with Crippen LogP contribution in [0.5, 0.6) is 11.5 Å². The fourth-order valence-electron chi connectivity index (χ4n) is 2.06. The number of nitrogens with one attached hydrogen (secondary N) is 1. The Morgan fingerprint density at radius 1 is 1.21 bits per heavy atom. The van der Waals surface area contributed by atoms with Gasteiger partial charge in [-0.1, -0.05) is 19.9 Å². The van der Waals surface area contributed by atoms with E-state index in [0.717, 1.165) is 36.8 Å². The van der Waals surface area contributed by atoms with Crippen LogP contribution in [0.2, 0.25) is 0 Å². The second kappa shape index (κ2) is 5.51. The number of nitrogens with zero attached hydrogens (tertiary/aromatic N) is 1. The van der Waals surface area contributed by atoms with Gasteiger partial charge in [-0.3, -0.25) is 4.99 Å². The first kappa shape index (κ1) is 13.7. The summed E-state index contributed by atoms with van der Waals surface area (Å²) in [6, 6.07) is 5.98. The quantitative estimate of drug-likeness (QED) is 0.905. The Hall–Kier alpha value is -1.71. The fraction of sp³-hybridized carbons (Fsp3) is 0.533. The first-order chi connectivity index (χ1) is 9.04. The first-order valence-electron chi connectivity index (χ1n) is 6.52. The van der Waals surface area contributed by atoms with Gasteiger partial charge >= 0.3 is 0 Å². The lowest BCUT2D eigenvalue weighted by atomic mass is 9.92. The van der Waals surface area contributed by atoms with Crippen molar-refractivity contribution in [3.05, 3.63) is 23.8 Å². The molecular formula is C15H22N2O2. The number of ether oxygens (including phenoxy) is 2. The van der Waals surface area contributed by atoms with E-state index in [1.54, 1.807) is 14.2 Å². The molecule has 2 rings (SSSR count). The topological polar surface area (TPSA) is 42.8 Å². The summed E-state index contributed by atoms with van der Waals surface area (Å²) in [6.07, 6.45) is 0.802. The van der Waals surface area contributed by atoms with Gasteiger partial charge in [0.2, 0.25) is 0 Å². The molecule has 1 aliphatic rings. The summed E-state index contributed by atoms with van der Waals surface area (Å²) < 4.78 is 10.6. The van der Waals surface area contributed by atoms with Crippen LogP contribution >= 0.6 is 0 Å². The molecule has 104 valence electrons. The second-order valence-corrected chi connectivity index (χ2v) is 5.65. The lowest BCUT2D eigenvalue weighted by molar-refractivity contribution is 0.354. The van der Waals surface area contributed by atoms with Gasteiger partial charge in [0, 0.05) is 24.9 Å². The minimum absolute atomic E-state index is 0.251. The molecule has 0 aliphatic carbocycles. The third-order valence-corrected chi connectivity index (χ3v) is 3.29. The molecule has 0 spiro atoms. The highest BCUT2D eigenvalue weighted by molar-refractivity contribution is 5.85. The van der Waals surface area contributed by atoms with E-state index in [1.807, 2.05) is 18.2 Å². The molecule has 4 heteroatoms. The third kappa shape index (κ3) is 3.40. The Morgan fingerprint density at radius 3 is 2.53 bits per heavy atom. The molecular weight excluding hydrogens is 240 g/mol. The van der Waals surface area contributed by atoms with Crippen LogP contribution in [0, 0.1) is 5.41 Å². The summed E-state index contributed by atoms with van der Waals surface area (Å²) in [5.41, 5.74) is 1.42. The highest BCUT2D eigenvalue weighted by Crippen LogP contribution is 2.28. The van der Waals surface area contributed by atoms with Crippen molar-refractivity contribution >= 4 is 5.84 Å². The van der Waals surface area contributed by atoms with Gasteiger partial charge in [0.05, 0.1) is 14.2 Å². The summed E-state index contributed by atoms with van der Waals surface area (Å²) >= 11 is 0. The Balaban J connectivity index is 2.10. The summed E-state index contributed by atoms with van der Waals surface area (Å²) in [6.45, 7) is 6.29. The zero-order valence-corrected chi connectivity index (χ0v) is 12.1. The van der Waals surface area contributed by atoms with Crippen molar-refractivity contribution in [3.63, 3.8) is 0 Å². The number of amidine groups is 1. The molecule has 4 nitrogen and oxygen atoms in total. The Bertz CT molecular complexity index is 481. The van der Waals surface area contributed by atoms with Crippen molar-refractivity contribution in [3.8, 4) is 11.5 Å². The van der Waals surface area contributed by atoms with E-state index in [9.17, 15) is 0 Å². The van der Waals surface area contributed by atoms with Crippen LogP contribution in [-0.2, 0) is 6.42 Å². The lowest BCUT2D eigenvalue weighted by Crippen LogP contribution is -2.41. The Morgan fingerprint density at radius 2 is 1.95 bits per heavy atom. The molecule has 0 bridgehead atoms. The van der Waals surface area contributed by atoms with Gasteiger partial charge in [-0.15, -0.1) is 0 Å². The van der Waals surface area contributed by atoms with Crippen LogP contribution in [0.1, 0.15) is 19.4 Å². The number of benzene rings is 1. The molecule has 0 fully saturated rings. The van der Waals surface area contributed by atoms with E-state index in [1.165, 1.54) is 5.56 Å². The van der Waals surface area contributed by atoms with Crippen molar-refractivity contribution in [2.45, 2.75) is 20.3 Å². The zero-order chi connectivity index (χ0) is 13.9. The normalized spacial score (nSPS) is 17.4. The SMILES string of the molecule is COc1ccc(CC2=NCC(C)(C)CN2)cc1OC. The minimum atomic E-state index is 0.251. The number of methoxy groups -OCH3 is 2. The van der Waals surface area contributed by atoms with Crippen LogP contribution in [0.15, 0.2) is 23.2 Å². The van der Waals surface area contributed by atoms with Gasteiger partial charge in [0.1, 0.15) is 5.84 Å². The molecule has 19 heavy (non-hydrogen) atoms. The maximum Gasteiger partial charge on any atom is 0.161 e. The van der Waals surface area contributed by atoms with E-state index in [2.05, 4.69) is 24.2 Å². The van der Waals surface area contributed by atoms with E-state index in [-0.39, 0.29) is 5.41 Å². The number of hydrogen-bond acceptors (Lipinski definition) is 4. The van der Waals surface area contributed by atoms with Crippen molar-refractivity contribution in [1.29, 1.82) is 0 Å². The molecule has 0 amide bonds. The smallest absolute Gasteiger partial charge is 0.161 e. The summed E-state index contributed by atoms with van der Waals surface area (Å²) in [5.74, 6) is 2.56. The number of hydrogen-bond donors (Lipinski definition) is 1. The molecule has 0 aromatic heterocycles. The van der Waals surface area contributed by atoms with Crippen molar-refractivity contribution in [1.82, 2.24) is 5.32 Å². The van der Waals surface area contributed by atoms with E-state index in [4.69, 9.17) is 9.47 Å². The average Bonchev–Trinajstić information content (AvgIpc) is 2.41. The predicted octanol–water partition coefficient (Wildman–Crippen LogP) is 2.27. The predicted molar refractivity (Wildman–Crippen MR) is 77.3 cm³/mol. The van der Waals surface area contributed by atoms with Gasteiger partial charge in [-0.05, 0) is 17.7 Å². The first-order valence-corrected chi connectivity index (χ1v) is 6.52. The average molecular weight is 262 g/mol. The van der Waals surface area contributed by atoms with Gasteiger partial charge in [-0.25, -0.2) is 0 Å². The highest BCUT2D eigenvalue weighted by atomic mass is 16.5. The standard InChI is InChI=1S/C15H22N2O2/c1-15(2)9-16-14(17-10-15)8-11-5-6-12(18-3)13(7-11)19-4/h5-7H,8-10H2,1-4H3,(H,16,17). The molecule has 1 aromatic carbocycles. The van der Waals surface area contributed by atoms with Crippen LogP contribution < -0.4 is 14.8 Å². The van der Waals surface area contributed by atoms with E-state index in [0.29, 0.717) is 0 Å². The minimum Gasteiger partial charge on any atom is -0.493 e. The second-order valence-electron chi connectivity index (χ2n) is 5.65.